The maximum Gasteiger partial charge on any atom is 0.324 e. The van der Waals surface area contributed by atoms with Crippen molar-refractivity contribution in [1.29, 1.82) is 0 Å². The second kappa shape index (κ2) is 6.48. The van der Waals surface area contributed by atoms with E-state index in [1.165, 1.54) is 27.3 Å². The Morgan fingerprint density at radius 3 is 2.16 bits per heavy atom. The van der Waals surface area contributed by atoms with Gasteiger partial charge in [0.1, 0.15) is 0 Å². The molecule has 0 fully saturated rings. The first-order valence-corrected chi connectivity index (χ1v) is 5.38. The normalized spacial score (nSPS) is 9.89. The van der Waals surface area contributed by atoms with E-state index >= 15 is 0 Å². The van der Waals surface area contributed by atoms with Crippen LogP contribution >= 0.6 is 0 Å². The molecule has 0 aromatic heterocycles. The molecule has 102 valence electrons. The number of ether oxygens (including phenoxy) is 2. The van der Waals surface area contributed by atoms with E-state index in [1.54, 1.807) is 18.2 Å². The summed E-state index contributed by atoms with van der Waals surface area (Å²) < 4.78 is 9.18. The zero-order valence-electron chi connectivity index (χ0n) is 10.8. The number of hydrogen-bond donors (Lipinski definition) is 0. The standard InChI is InChI=1S/C12H14N2O5/c1-14(13-17)9-7-5-4-6-8(9)10(11(15)18-2)12(16)19-3/h4-7,10H,1-3H3. The van der Waals surface area contributed by atoms with Crippen LogP contribution in [0.3, 0.4) is 0 Å². The summed E-state index contributed by atoms with van der Waals surface area (Å²) in [6.45, 7) is 0. The zero-order chi connectivity index (χ0) is 14.4. The summed E-state index contributed by atoms with van der Waals surface area (Å²) in [5.41, 5.74) is 0.626. The molecular formula is C12H14N2O5. The van der Waals surface area contributed by atoms with Crippen molar-refractivity contribution in [3.63, 3.8) is 0 Å². The van der Waals surface area contributed by atoms with Crippen LogP contribution in [0.4, 0.5) is 5.69 Å². The van der Waals surface area contributed by atoms with Crippen molar-refractivity contribution in [2.24, 2.45) is 5.29 Å². The molecule has 1 rings (SSSR count). The molecule has 19 heavy (non-hydrogen) atoms. The highest BCUT2D eigenvalue weighted by Gasteiger charge is 2.33. The van der Waals surface area contributed by atoms with Gasteiger partial charge in [0.2, 0.25) is 0 Å². The maximum atomic E-state index is 11.7. The number of esters is 2. The summed E-state index contributed by atoms with van der Waals surface area (Å²) >= 11 is 0. The Labute approximate surface area is 110 Å². The summed E-state index contributed by atoms with van der Waals surface area (Å²) in [4.78, 5) is 34.1. The number of nitrogens with zero attached hydrogens (tertiary/aromatic N) is 2. The molecule has 0 atom stereocenters. The van der Waals surface area contributed by atoms with Gasteiger partial charge in [0, 0.05) is 12.6 Å². The smallest absolute Gasteiger partial charge is 0.324 e. The fourth-order valence-electron chi connectivity index (χ4n) is 1.66. The Morgan fingerprint density at radius 1 is 1.16 bits per heavy atom. The lowest BCUT2D eigenvalue weighted by Gasteiger charge is -2.18. The third-order valence-electron chi connectivity index (χ3n) is 2.59. The predicted molar refractivity (Wildman–Crippen MR) is 67.4 cm³/mol. The molecular weight excluding hydrogens is 252 g/mol. The minimum Gasteiger partial charge on any atom is -0.468 e. The number of rotatable bonds is 5. The van der Waals surface area contributed by atoms with E-state index in [4.69, 9.17) is 0 Å². The van der Waals surface area contributed by atoms with Gasteiger partial charge in [-0.3, -0.25) is 9.59 Å². The third-order valence-corrected chi connectivity index (χ3v) is 2.59. The highest BCUT2D eigenvalue weighted by Crippen LogP contribution is 2.29. The molecule has 0 N–H and O–H groups in total. The van der Waals surface area contributed by atoms with Crippen LogP contribution in [-0.4, -0.2) is 33.2 Å². The van der Waals surface area contributed by atoms with Crippen molar-refractivity contribution in [2.75, 3.05) is 26.3 Å². The number of hydrogen-bond acceptors (Lipinski definition) is 6. The second-order valence-electron chi connectivity index (χ2n) is 3.64. The average molecular weight is 266 g/mol. The molecule has 0 saturated heterocycles. The Kier molecular flexibility index (Phi) is 4.99. The molecule has 0 amide bonds. The highest BCUT2D eigenvalue weighted by molar-refractivity contribution is 6.02. The van der Waals surface area contributed by atoms with Crippen LogP contribution in [0, 0.1) is 4.91 Å². The SMILES string of the molecule is COC(=O)C(C(=O)OC)c1ccccc1N(C)N=O. The highest BCUT2D eigenvalue weighted by atomic mass is 16.5. The summed E-state index contributed by atoms with van der Waals surface area (Å²) in [6.07, 6.45) is 0. The van der Waals surface area contributed by atoms with Gasteiger partial charge in [-0.25, -0.2) is 5.01 Å². The molecule has 0 heterocycles. The van der Waals surface area contributed by atoms with Gasteiger partial charge in [-0.2, -0.15) is 0 Å². The number of carbonyl (C=O) groups is 2. The van der Waals surface area contributed by atoms with Crippen LogP contribution in [0.5, 0.6) is 0 Å². The van der Waals surface area contributed by atoms with Crippen LogP contribution in [0.2, 0.25) is 0 Å². The van der Waals surface area contributed by atoms with Gasteiger partial charge >= 0.3 is 11.9 Å². The first-order chi connectivity index (χ1) is 9.06. The largest absolute Gasteiger partial charge is 0.468 e. The average Bonchev–Trinajstić information content (AvgIpc) is 2.46. The first kappa shape index (κ1) is 14.6. The van der Waals surface area contributed by atoms with Crippen LogP contribution in [-0.2, 0) is 19.1 Å². The van der Waals surface area contributed by atoms with Gasteiger partial charge in [0.25, 0.3) is 0 Å². The van der Waals surface area contributed by atoms with E-state index < -0.39 is 17.9 Å². The molecule has 7 heteroatoms. The summed E-state index contributed by atoms with van der Waals surface area (Å²) in [7, 11) is 3.75. The third kappa shape index (κ3) is 3.06. The molecule has 0 bridgehead atoms. The van der Waals surface area contributed by atoms with Crippen molar-refractivity contribution < 1.29 is 19.1 Å². The molecule has 0 aliphatic heterocycles. The van der Waals surface area contributed by atoms with Gasteiger partial charge in [-0.05, 0) is 6.07 Å². The van der Waals surface area contributed by atoms with E-state index in [9.17, 15) is 14.5 Å². The second-order valence-corrected chi connectivity index (χ2v) is 3.64. The molecule has 1 aromatic carbocycles. The lowest BCUT2D eigenvalue weighted by molar-refractivity contribution is -0.154. The molecule has 7 nitrogen and oxygen atoms in total. The predicted octanol–water partition coefficient (Wildman–Crippen LogP) is 1.23. The van der Waals surface area contributed by atoms with Gasteiger partial charge in [-0.15, -0.1) is 4.91 Å². The monoisotopic (exact) mass is 266 g/mol. The van der Waals surface area contributed by atoms with Crippen LogP contribution in [0.25, 0.3) is 0 Å². The van der Waals surface area contributed by atoms with Gasteiger partial charge < -0.3 is 9.47 Å². The van der Waals surface area contributed by atoms with Gasteiger partial charge in [-0.1, -0.05) is 18.2 Å². The Bertz CT molecular complexity index is 473. The molecule has 0 aliphatic carbocycles. The first-order valence-electron chi connectivity index (χ1n) is 5.38. The van der Waals surface area contributed by atoms with Crippen molar-refractivity contribution in [1.82, 2.24) is 0 Å². The molecule has 0 unspecified atom stereocenters. The Morgan fingerprint density at radius 2 is 1.68 bits per heavy atom. The molecule has 0 spiro atoms. The quantitative estimate of drug-likeness (QED) is 0.345. The number of anilines is 1. The van der Waals surface area contributed by atoms with E-state index in [-0.39, 0.29) is 0 Å². The fraction of sp³-hybridized carbons (Fsp3) is 0.333. The van der Waals surface area contributed by atoms with E-state index in [2.05, 4.69) is 14.8 Å². The van der Waals surface area contributed by atoms with E-state index in [0.717, 1.165) is 5.01 Å². The van der Waals surface area contributed by atoms with E-state index in [1.807, 2.05) is 0 Å². The van der Waals surface area contributed by atoms with Crippen LogP contribution in [0.15, 0.2) is 29.6 Å². The maximum absolute atomic E-state index is 11.7. The van der Waals surface area contributed by atoms with Crippen LogP contribution < -0.4 is 5.01 Å². The van der Waals surface area contributed by atoms with Crippen molar-refractivity contribution >= 4 is 17.6 Å². The number of nitroso groups, excluding NO2 is 1. The molecule has 0 radical (unpaired) electrons. The lowest BCUT2D eigenvalue weighted by atomic mass is 9.97. The fourth-order valence-corrected chi connectivity index (χ4v) is 1.66. The summed E-state index contributed by atoms with van der Waals surface area (Å²) in [6, 6.07) is 6.40. The Balaban J connectivity index is 3.34. The Hall–Kier alpha value is -2.44. The number of carbonyl (C=O) groups excluding carboxylic acids is 2. The van der Waals surface area contributed by atoms with Crippen LogP contribution in [0.1, 0.15) is 11.5 Å². The number of para-hydroxylation sites is 1. The van der Waals surface area contributed by atoms with Crippen molar-refractivity contribution in [3.8, 4) is 0 Å². The van der Waals surface area contributed by atoms with E-state index in [0.29, 0.717) is 11.3 Å². The van der Waals surface area contributed by atoms with Crippen molar-refractivity contribution in [2.45, 2.75) is 5.92 Å². The topological polar surface area (TPSA) is 85.3 Å². The van der Waals surface area contributed by atoms with Crippen molar-refractivity contribution in [3.05, 3.63) is 34.7 Å². The molecule has 1 aromatic rings. The van der Waals surface area contributed by atoms with Gasteiger partial charge in [0.05, 0.1) is 25.2 Å². The minimum atomic E-state index is -1.25. The minimum absolute atomic E-state index is 0.295. The summed E-state index contributed by atoms with van der Waals surface area (Å²) in [5, 5.41) is 3.77. The lowest BCUT2D eigenvalue weighted by Crippen LogP contribution is -2.26. The zero-order valence-corrected chi connectivity index (χ0v) is 10.8. The number of methoxy groups -OCH3 is 2. The molecule has 0 aliphatic rings. The number of benzene rings is 1. The van der Waals surface area contributed by atoms with Gasteiger partial charge in [0.15, 0.2) is 5.92 Å². The molecule has 0 saturated carbocycles. The summed E-state index contributed by atoms with van der Waals surface area (Å²) in [5.74, 6) is -2.78.